The van der Waals surface area contributed by atoms with Gasteiger partial charge in [0.2, 0.25) is 11.8 Å². The molecule has 0 aromatic heterocycles. The molecule has 112 valence electrons. The number of amides is 2. The molecule has 3 rings (SSSR count). The minimum Gasteiger partial charge on any atom is -0.379 e. The second-order valence-electron chi connectivity index (χ2n) is 5.84. The third-order valence-corrected chi connectivity index (χ3v) is 4.34. The Morgan fingerprint density at radius 2 is 1.90 bits per heavy atom. The van der Waals surface area contributed by atoms with Crippen LogP contribution in [-0.2, 0) is 14.3 Å². The Hall–Kier alpha value is -1.14. The highest BCUT2D eigenvalue weighted by molar-refractivity contribution is 5.86. The Morgan fingerprint density at radius 1 is 1.15 bits per heavy atom. The lowest BCUT2D eigenvalue weighted by atomic mass is 10.2. The standard InChI is InChI=1S/C14H23N3O3/c18-13(3-4-15-7-9-20-10-8-15)16-5-6-17(12-1-2-12)14(19)11-16/h12H,1-11H2. The highest BCUT2D eigenvalue weighted by Gasteiger charge is 2.36. The zero-order valence-electron chi connectivity index (χ0n) is 11.9. The number of carbonyl (C=O) groups excluding carboxylic acids is 2. The number of rotatable bonds is 4. The maximum atomic E-state index is 12.2. The van der Waals surface area contributed by atoms with Crippen LogP contribution in [0.3, 0.4) is 0 Å². The highest BCUT2D eigenvalue weighted by atomic mass is 16.5. The van der Waals surface area contributed by atoms with Crippen molar-refractivity contribution in [3.63, 3.8) is 0 Å². The van der Waals surface area contributed by atoms with Gasteiger partial charge in [-0.25, -0.2) is 0 Å². The quantitative estimate of drug-likeness (QED) is 0.700. The maximum Gasteiger partial charge on any atom is 0.242 e. The molecule has 0 spiro atoms. The third-order valence-electron chi connectivity index (χ3n) is 4.34. The molecule has 0 radical (unpaired) electrons. The Morgan fingerprint density at radius 3 is 2.55 bits per heavy atom. The molecule has 3 aliphatic rings. The zero-order chi connectivity index (χ0) is 13.9. The lowest BCUT2D eigenvalue weighted by Gasteiger charge is -2.35. The summed E-state index contributed by atoms with van der Waals surface area (Å²) in [6.07, 6.45) is 2.78. The van der Waals surface area contributed by atoms with Crippen molar-refractivity contribution >= 4 is 11.8 Å². The molecule has 2 saturated heterocycles. The number of hydrogen-bond acceptors (Lipinski definition) is 4. The lowest BCUT2D eigenvalue weighted by Crippen LogP contribution is -2.53. The van der Waals surface area contributed by atoms with Gasteiger partial charge in [-0.05, 0) is 12.8 Å². The summed E-state index contributed by atoms with van der Waals surface area (Å²) >= 11 is 0. The summed E-state index contributed by atoms with van der Waals surface area (Å²) in [6, 6.07) is 0.466. The van der Waals surface area contributed by atoms with Gasteiger partial charge in [-0.15, -0.1) is 0 Å². The molecule has 6 heteroatoms. The SMILES string of the molecule is O=C(CCN1CCOCC1)N1CCN(C2CC2)C(=O)C1. The number of nitrogens with zero attached hydrogens (tertiary/aromatic N) is 3. The fourth-order valence-corrected chi connectivity index (χ4v) is 2.91. The molecule has 0 unspecified atom stereocenters. The maximum absolute atomic E-state index is 12.2. The Bertz CT molecular complexity index is 378. The summed E-state index contributed by atoms with van der Waals surface area (Å²) in [5.41, 5.74) is 0. The van der Waals surface area contributed by atoms with Crippen molar-refractivity contribution in [2.24, 2.45) is 0 Å². The van der Waals surface area contributed by atoms with Crippen LogP contribution in [0.1, 0.15) is 19.3 Å². The number of piperazine rings is 1. The number of carbonyl (C=O) groups is 2. The fraction of sp³-hybridized carbons (Fsp3) is 0.857. The van der Waals surface area contributed by atoms with Crippen LogP contribution in [0.25, 0.3) is 0 Å². The molecule has 1 saturated carbocycles. The van der Waals surface area contributed by atoms with Crippen molar-refractivity contribution in [2.75, 3.05) is 52.5 Å². The second-order valence-corrected chi connectivity index (χ2v) is 5.84. The molecule has 0 aromatic rings. The minimum absolute atomic E-state index is 0.111. The van der Waals surface area contributed by atoms with Gasteiger partial charge in [0.1, 0.15) is 0 Å². The van der Waals surface area contributed by atoms with E-state index < -0.39 is 0 Å². The van der Waals surface area contributed by atoms with Crippen LogP contribution in [0, 0.1) is 0 Å². The normalized spacial score (nSPS) is 25.1. The number of hydrogen-bond donors (Lipinski definition) is 0. The van der Waals surface area contributed by atoms with Gasteiger partial charge in [0.25, 0.3) is 0 Å². The second kappa shape index (κ2) is 6.10. The zero-order valence-corrected chi connectivity index (χ0v) is 11.9. The summed E-state index contributed by atoms with van der Waals surface area (Å²) in [7, 11) is 0. The van der Waals surface area contributed by atoms with E-state index in [0.29, 0.717) is 25.6 Å². The van der Waals surface area contributed by atoms with E-state index >= 15 is 0 Å². The van der Waals surface area contributed by atoms with Gasteiger partial charge >= 0.3 is 0 Å². The molecule has 2 heterocycles. The van der Waals surface area contributed by atoms with E-state index in [1.807, 2.05) is 4.90 Å². The van der Waals surface area contributed by atoms with Gasteiger partial charge in [0.15, 0.2) is 0 Å². The molecule has 0 atom stereocenters. The monoisotopic (exact) mass is 281 g/mol. The Labute approximate surface area is 119 Å². The predicted octanol–water partition coefficient (Wildman–Crippen LogP) is -0.458. The molecule has 0 N–H and O–H groups in total. The van der Waals surface area contributed by atoms with Crippen LogP contribution in [-0.4, -0.2) is 85.0 Å². The summed E-state index contributed by atoms with van der Waals surface area (Å²) in [4.78, 5) is 30.1. The van der Waals surface area contributed by atoms with Crippen molar-refractivity contribution in [3.8, 4) is 0 Å². The van der Waals surface area contributed by atoms with Crippen molar-refractivity contribution < 1.29 is 14.3 Å². The van der Waals surface area contributed by atoms with Crippen LogP contribution >= 0.6 is 0 Å². The van der Waals surface area contributed by atoms with Crippen molar-refractivity contribution in [2.45, 2.75) is 25.3 Å². The van der Waals surface area contributed by atoms with Crippen LogP contribution in [0.15, 0.2) is 0 Å². The summed E-state index contributed by atoms with van der Waals surface area (Å²) in [5.74, 6) is 0.235. The van der Waals surface area contributed by atoms with Crippen LogP contribution < -0.4 is 0 Å². The smallest absolute Gasteiger partial charge is 0.242 e. The van der Waals surface area contributed by atoms with Gasteiger partial charge < -0.3 is 14.5 Å². The van der Waals surface area contributed by atoms with Gasteiger partial charge in [0.05, 0.1) is 19.8 Å². The summed E-state index contributed by atoms with van der Waals surface area (Å²) in [6.45, 7) is 5.79. The molecule has 2 aliphatic heterocycles. The Kier molecular flexibility index (Phi) is 4.21. The topological polar surface area (TPSA) is 53.1 Å². The van der Waals surface area contributed by atoms with Gasteiger partial charge in [-0.2, -0.15) is 0 Å². The molecule has 1 aliphatic carbocycles. The van der Waals surface area contributed by atoms with E-state index in [4.69, 9.17) is 4.74 Å². The molecule has 2 amide bonds. The van der Waals surface area contributed by atoms with Crippen LogP contribution in [0.5, 0.6) is 0 Å². The first-order valence-corrected chi connectivity index (χ1v) is 7.61. The first kappa shape index (κ1) is 13.8. The lowest BCUT2D eigenvalue weighted by molar-refractivity contribution is -0.146. The number of ether oxygens (including phenoxy) is 1. The van der Waals surface area contributed by atoms with Gasteiger partial charge in [-0.1, -0.05) is 0 Å². The largest absolute Gasteiger partial charge is 0.379 e. The van der Waals surface area contributed by atoms with E-state index in [1.165, 1.54) is 0 Å². The van der Waals surface area contributed by atoms with Crippen molar-refractivity contribution in [1.82, 2.24) is 14.7 Å². The van der Waals surface area contributed by atoms with Crippen molar-refractivity contribution in [1.29, 1.82) is 0 Å². The van der Waals surface area contributed by atoms with E-state index in [9.17, 15) is 9.59 Å². The first-order chi connectivity index (χ1) is 9.74. The summed E-state index contributed by atoms with van der Waals surface area (Å²) in [5, 5.41) is 0. The molecule has 6 nitrogen and oxygen atoms in total. The Balaban J connectivity index is 1.42. The van der Waals surface area contributed by atoms with Gasteiger partial charge in [0, 0.05) is 45.2 Å². The summed E-state index contributed by atoms with van der Waals surface area (Å²) < 4.78 is 5.29. The predicted molar refractivity (Wildman–Crippen MR) is 73.2 cm³/mol. The van der Waals surface area contributed by atoms with Gasteiger partial charge in [-0.3, -0.25) is 14.5 Å². The minimum atomic E-state index is 0.111. The van der Waals surface area contributed by atoms with Crippen LogP contribution in [0.4, 0.5) is 0 Å². The molecular formula is C14H23N3O3. The number of morpholine rings is 1. The van der Waals surface area contributed by atoms with E-state index in [2.05, 4.69) is 4.90 Å². The van der Waals surface area contributed by atoms with E-state index in [-0.39, 0.29) is 18.4 Å². The molecular weight excluding hydrogens is 258 g/mol. The average Bonchev–Trinajstić information content (AvgIpc) is 3.30. The third kappa shape index (κ3) is 3.30. The molecule has 3 fully saturated rings. The first-order valence-electron chi connectivity index (χ1n) is 7.61. The average molecular weight is 281 g/mol. The molecule has 0 aromatic carbocycles. The molecule has 20 heavy (non-hydrogen) atoms. The van der Waals surface area contributed by atoms with Crippen LogP contribution in [0.2, 0.25) is 0 Å². The molecule has 0 bridgehead atoms. The van der Waals surface area contributed by atoms with E-state index in [0.717, 1.165) is 45.7 Å². The fourth-order valence-electron chi connectivity index (χ4n) is 2.91. The highest BCUT2D eigenvalue weighted by Crippen LogP contribution is 2.28. The van der Waals surface area contributed by atoms with E-state index in [1.54, 1.807) is 4.90 Å². The van der Waals surface area contributed by atoms with Crippen molar-refractivity contribution in [3.05, 3.63) is 0 Å².